The Labute approximate surface area is 216 Å². The van der Waals surface area contributed by atoms with Crippen LogP contribution in [0.3, 0.4) is 0 Å². The van der Waals surface area contributed by atoms with Crippen molar-refractivity contribution in [3.05, 3.63) is 0 Å². The molecule has 0 spiro atoms. The van der Waals surface area contributed by atoms with Crippen LogP contribution in [0.1, 0.15) is 19.3 Å². The van der Waals surface area contributed by atoms with Gasteiger partial charge < -0.3 is 78.5 Å². The standard InChI is InChI=1S/C22H46N6O9/c23-3-1-4-28-5-2-9-13(8-29)35-22(15(9)30)37-20-16(31)10(25)6-11(26)19(20)36-21-14(27)18(33)17(32)12(7-24)34-21/h9-22,28-33H,1-8,23-27H2/t9-,10-,11+,12-,13-,14-,15-,16+,17-,18-,19-,20-,21-,22+/m1/s1. The maximum absolute atomic E-state index is 11.0. The van der Waals surface area contributed by atoms with Crippen molar-refractivity contribution in [1.82, 2.24) is 5.32 Å². The van der Waals surface area contributed by atoms with E-state index in [9.17, 15) is 25.5 Å². The van der Waals surface area contributed by atoms with Crippen molar-refractivity contribution in [2.75, 3.05) is 32.8 Å². The average molecular weight is 539 g/mol. The van der Waals surface area contributed by atoms with Crippen molar-refractivity contribution < 1.29 is 44.5 Å². The molecule has 0 unspecified atom stereocenters. The highest BCUT2D eigenvalue weighted by atomic mass is 16.7. The summed E-state index contributed by atoms with van der Waals surface area (Å²) in [7, 11) is 0. The lowest BCUT2D eigenvalue weighted by molar-refractivity contribution is -0.306. The molecule has 15 heteroatoms. The van der Waals surface area contributed by atoms with Crippen LogP contribution in [0.4, 0.5) is 0 Å². The van der Waals surface area contributed by atoms with Gasteiger partial charge in [-0.25, -0.2) is 0 Å². The van der Waals surface area contributed by atoms with E-state index in [2.05, 4.69) is 5.32 Å². The quantitative estimate of drug-likeness (QED) is 0.103. The summed E-state index contributed by atoms with van der Waals surface area (Å²) in [6.45, 7) is 1.45. The summed E-state index contributed by atoms with van der Waals surface area (Å²) >= 11 is 0. The fourth-order valence-electron chi connectivity index (χ4n) is 5.23. The molecule has 0 aromatic heterocycles. The summed E-state index contributed by atoms with van der Waals surface area (Å²) in [5.41, 5.74) is 29.6. The molecule has 37 heavy (non-hydrogen) atoms. The first-order chi connectivity index (χ1) is 17.6. The van der Waals surface area contributed by atoms with Crippen LogP contribution in [-0.4, -0.2) is 138 Å². The van der Waals surface area contributed by atoms with Crippen LogP contribution in [0, 0.1) is 5.92 Å². The third-order valence-electron chi connectivity index (χ3n) is 7.52. The van der Waals surface area contributed by atoms with Gasteiger partial charge in [-0.05, 0) is 38.9 Å². The fraction of sp³-hybridized carbons (Fsp3) is 1.00. The molecule has 3 fully saturated rings. The number of hydrogen-bond acceptors (Lipinski definition) is 15. The molecule has 3 rings (SSSR count). The molecule has 1 saturated carbocycles. The smallest absolute Gasteiger partial charge is 0.184 e. The molecular weight excluding hydrogens is 492 g/mol. The number of aliphatic hydroxyl groups is 5. The molecule has 0 bridgehead atoms. The second-order valence-electron chi connectivity index (χ2n) is 10.2. The molecule has 2 heterocycles. The maximum Gasteiger partial charge on any atom is 0.184 e. The van der Waals surface area contributed by atoms with Gasteiger partial charge in [0.25, 0.3) is 0 Å². The van der Waals surface area contributed by atoms with Crippen LogP contribution in [0.15, 0.2) is 0 Å². The zero-order chi connectivity index (χ0) is 27.3. The summed E-state index contributed by atoms with van der Waals surface area (Å²) in [6.07, 6.45) is -9.73. The van der Waals surface area contributed by atoms with Gasteiger partial charge in [-0.2, -0.15) is 0 Å². The number of nitrogens with two attached hydrogens (primary N) is 5. The molecule has 0 aromatic rings. The Morgan fingerprint density at radius 3 is 2.11 bits per heavy atom. The Morgan fingerprint density at radius 2 is 1.46 bits per heavy atom. The second-order valence-corrected chi connectivity index (χ2v) is 10.2. The van der Waals surface area contributed by atoms with Gasteiger partial charge in [-0.1, -0.05) is 0 Å². The van der Waals surface area contributed by atoms with Crippen LogP contribution in [-0.2, 0) is 18.9 Å². The highest BCUT2D eigenvalue weighted by Crippen LogP contribution is 2.35. The van der Waals surface area contributed by atoms with E-state index in [1.54, 1.807) is 0 Å². The van der Waals surface area contributed by atoms with Gasteiger partial charge in [0.2, 0.25) is 0 Å². The van der Waals surface area contributed by atoms with E-state index < -0.39 is 85.5 Å². The predicted octanol–water partition coefficient (Wildman–Crippen LogP) is -6.07. The summed E-state index contributed by atoms with van der Waals surface area (Å²) in [4.78, 5) is 0. The first-order valence-electron chi connectivity index (χ1n) is 13.0. The van der Waals surface area contributed by atoms with Crippen molar-refractivity contribution in [2.45, 2.75) is 98.8 Å². The van der Waals surface area contributed by atoms with E-state index in [1.807, 2.05) is 0 Å². The Hall–Kier alpha value is -0.600. The fourth-order valence-corrected chi connectivity index (χ4v) is 5.23. The van der Waals surface area contributed by atoms with Gasteiger partial charge >= 0.3 is 0 Å². The van der Waals surface area contributed by atoms with Crippen molar-refractivity contribution >= 4 is 0 Å². The Balaban J connectivity index is 1.71. The molecule has 0 aromatic carbocycles. The van der Waals surface area contributed by atoms with E-state index in [4.69, 9.17) is 47.6 Å². The van der Waals surface area contributed by atoms with Crippen molar-refractivity contribution in [3.8, 4) is 0 Å². The monoisotopic (exact) mass is 538 g/mol. The van der Waals surface area contributed by atoms with E-state index in [0.29, 0.717) is 19.5 Å². The van der Waals surface area contributed by atoms with Gasteiger partial charge in [0.15, 0.2) is 12.6 Å². The number of rotatable bonds is 12. The topological polar surface area (TPSA) is 280 Å². The van der Waals surface area contributed by atoms with E-state index >= 15 is 0 Å². The first kappa shape index (κ1) is 30.9. The van der Waals surface area contributed by atoms with E-state index in [1.165, 1.54) is 0 Å². The normalized spacial score (nSPS) is 46.9. The average Bonchev–Trinajstić information content (AvgIpc) is 3.18. The molecule has 0 amide bonds. The Kier molecular flexibility index (Phi) is 11.8. The zero-order valence-corrected chi connectivity index (χ0v) is 21.0. The van der Waals surface area contributed by atoms with Gasteiger partial charge in [-0.15, -0.1) is 0 Å². The highest BCUT2D eigenvalue weighted by molar-refractivity contribution is 5.01. The third kappa shape index (κ3) is 7.13. The van der Waals surface area contributed by atoms with Crippen LogP contribution in [0.5, 0.6) is 0 Å². The number of aliphatic hydroxyl groups excluding tert-OH is 5. The molecule has 14 atom stereocenters. The minimum Gasteiger partial charge on any atom is -0.394 e. The second kappa shape index (κ2) is 14.2. The lowest BCUT2D eigenvalue weighted by atomic mass is 9.84. The van der Waals surface area contributed by atoms with Crippen molar-refractivity contribution in [3.63, 3.8) is 0 Å². The maximum atomic E-state index is 11.0. The minimum absolute atomic E-state index is 0.0952. The molecule has 16 N–H and O–H groups in total. The van der Waals surface area contributed by atoms with Crippen molar-refractivity contribution in [1.29, 1.82) is 0 Å². The van der Waals surface area contributed by atoms with Crippen molar-refractivity contribution in [2.24, 2.45) is 34.6 Å². The zero-order valence-electron chi connectivity index (χ0n) is 21.0. The number of hydrogen-bond donors (Lipinski definition) is 11. The van der Waals surface area contributed by atoms with Crippen LogP contribution >= 0.6 is 0 Å². The molecule has 15 nitrogen and oxygen atoms in total. The van der Waals surface area contributed by atoms with E-state index in [0.717, 1.165) is 13.0 Å². The van der Waals surface area contributed by atoms with Gasteiger partial charge in [0.1, 0.15) is 36.6 Å². The SMILES string of the molecule is NCCCNCC[C@H]1[C@@H](O)[C@H](O[C@@H]2[C@@H](O)[C@H](N)C[C@H](N)[C@H]2O[C@H]2O[C@H](CN)[C@@H](O)[C@H](O)[C@H]2N)O[C@@H]1CO. The Morgan fingerprint density at radius 1 is 0.784 bits per heavy atom. The lowest BCUT2D eigenvalue weighted by Gasteiger charge is -2.47. The molecule has 2 aliphatic heterocycles. The van der Waals surface area contributed by atoms with Gasteiger partial charge in [-0.3, -0.25) is 0 Å². The minimum atomic E-state index is -1.37. The first-order valence-corrected chi connectivity index (χ1v) is 13.0. The molecular formula is C22H46N6O9. The molecule has 2 saturated heterocycles. The van der Waals surface area contributed by atoms with Crippen LogP contribution < -0.4 is 34.0 Å². The van der Waals surface area contributed by atoms with Crippen LogP contribution in [0.25, 0.3) is 0 Å². The highest BCUT2D eigenvalue weighted by Gasteiger charge is 2.52. The van der Waals surface area contributed by atoms with Gasteiger partial charge in [0.05, 0.1) is 24.9 Å². The summed E-state index contributed by atoms with van der Waals surface area (Å²) < 4.78 is 23.5. The van der Waals surface area contributed by atoms with E-state index in [-0.39, 0.29) is 19.6 Å². The lowest BCUT2D eigenvalue weighted by Crippen LogP contribution is -2.68. The van der Waals surface area contributed by atoms with Gasteiger partial charge in [0, 0.05) is 24.5 Å². The largest absolute Gasteiger partial charge is 0.394 e. The number of nitrogens with one attached hydrogen (secondary N) is 1. The molecule has 218 valence electrons. The molecule has 3 aliphatic rings. The summed E-state index contributed by atoms with van der Waals surface area (Å²) in [5, 5.41) is 55.4. The molecule has 1 aliphatic carbocycles. The number of ether oxygens (including phenoxy) is 4. The Bertz CT molecular complexity index is 685. The predicted molar refractivity (Wildman–Crippen MR) is 130 cm³/mol. The molecule has 0 radical (unpaired) electrons. The summed E-state index contributed by atoms with van der Waals surface area (Å²) in [5.74, 6) is -0.431. The third-order valence-corrected chi connectivity index (χ3v) is 7.52. The summed E-state index contributed by atoms with van der Waals surface area (Å²) in [6, 6.07) is -2.62. The van der Waals surface area contributed by atoms with Crippen LogP contribution in [0.2, 0.25) is 0 Å².